The summed E-state index contributed by atoms with van der Waals surface area (Å²) in [4.78, 5) is 0. The van der Waals surface area contributed by atoms with Crippen molar-refractivity contribution in [2.45, 2.75) is 12.5 Å². The highest BCUT2D eigenvalue weighted by molar-refractivity contribution is 7.93. The summed E-state index contributed by atoms with van der Waals surface area (Å²) in [5.74, 6) is -0.231. The molecule has 0 saturated carbocycles. The van der Waals surface area contributed by atoms with Gasteiger partial charge >= 0.3 is 0 Å². The molecule has 1 aliphatic heterocycles. The van der Waals surface area contributed by atoms with Gasteiger partial charge in [0, 0.05) is 0 Å². The van der Waals surface area contributed by atoms with Crippen LogP contribution in [0.25, 0.3) is 0 Å². The van der Waals surface area contributed by atoms with Gasteiger partial charge in [-0.25, -0.2) is 16.8 Å². The zero-order valence-corrected chi connectivity index (χ0v) is 13.7. The van der Waals surface area contributed by atoms with Gasteiger partial charge in [0.15, 0.2) is 9.84 Å². The summed E-state index contributed by atoms with van der Waals surface area (Å²) in [6.07, 6.45) is 1.27. The summed E-state index contributed by atoms with van der Waals surface area (Å²) in [5, 5.41) is 0.322. The van der Waals surface area contributed by atoms with Crippen LogP contribution in [0.1, 0.15) is 6.42 Å². The number of anilines is 1. The summed E-state index contributed by atoms with van der Waals surface area (Å²) in [6, 6.07) is 3.98. The molecule has 1 saturated heterocycles. The number of sulfonamides is 1. The lowest BCUT2D eigenvalue weighted by Gasteiger charge is -2.28. The number of hydrogen-bond acceptors (Lipinski definition) is 4. The van der Waals surface area contributed by atoms with Crippen LogP contribution in [-0.2, 0) is 19.9 Å². The van der Waals surface area contributed by atoms with Gasteiger partial charge in [-0.15, -0.1) is 0 Å². The molecule has 0 aliphatic carbocycles. The third-order valence-corrected chi connectivity index (χ3v) is 6.83. The molecule has 9 heteroatoms. The zero-order chi connectivity index (χ0) is 15.1. The Morgan fingerprint density at radius 1 is 1.30 bits per heavy atom. The number of sulfone groups is 1. The predicted octanol–water partition coefficient (Wildman–Crippen LogP) is 1.95. The number of halogens is 2. The Hall–Kier alpha value is -0.500. The van der Waals surface area contributed by atoms with Crippen molar-refractivity contribution in [1.29, 1.82) is 0 Å². The highest BCUT2D eigenvalue weighted by Crippen LogP contribution is 2.36. The highest BCUT2D eigenvalue weighted by atomic mass is 35.5. The van der Waals surface area contributed by atoms with E-state index in [1.807, 2.05) is 0 Å². The second-order valence-corrected chi connectivity index (χ2v) is 9.56. The molecule has 1 heterocycles. The van der Waals surface area contributed by atoms with Crippen molar-refractivity contribution in [3.05, 3.63) is 28.2 Å². The first-order chi connectivity index (χ1) is 9.12. The number of rotatable bonds is 3. The maximum Gasteiger partial charge on any atom is 0.232 e. The van der Waals surface area contributed by atoms with Crippen LogP contribution in [-0.4, -0.2) is 40.6 Å². The van der Waals surface area contributed by atoms with E-state index in [1.54, 1.807) is 12.1 Å². The lowest BCUT2D eigenvalue weighted by molar-refractivity contribution is 0.586. The van der Waals surface area contributed by atoms with Crippen LogP contribution in [0, 0.1) is 0 Å². The molecule has 0 bridgehead atoms. The first-order valence-electron chi connectivity index (χ1n) is 5.76. The summed E-state index contributed by atoms with van der Waals surface area (Å²) in [5.41, 5.74) is 0.212. The molecular weight excluding hydrogens is 345 g/mol. The first kappa shape index (κ1) is 15.9. The molecule has 112 valence electrons. The molecule has 1 atom stereocenters. The van der Waals surface area contributed by atoms with Crippen molar-refractivity contribution < 1.29 is 16.8 Å². The Bertz CT molecular complexity index is 731. The molecule has 5 nitrogen and oxygen atoms in total. The fourth-order valence-corrected chi connectivity index (χ4v) is 5.73. The highest BCUT2D eigenvalue weighted by Gasteiger charge is 2.37. The van der Waals surface area contributed by atoms with Gasteiger partial charge in [-0.1, -0.05) is 29.3 Å². The average molecular weight is 358 g/mol. The van der Waals surface area contributed by atoms with Crippen LogP contribution in [0.5, 0.6) is 0 Å². The van der Waals surface area contributed by atoms with Crippen LogP contribution in [0.3, 0.4) is 0 Å². The second-order valence-electron chi connectivity index (χ2n) is 4.69. The average Bonchev–Trinajstić information content (AvgIpc) is 2.63. The van der Waals surface area contributed by atoms with E-state index in [-0.39, 0.29) is 33.7 Å². The topological polar surface area (TPSA) is 71.5 Å². The van der Waals surface area contributed by atoms with Crippen LogP contribution in [0.4, 0.5) is 5.69 Å². The van der Waals surface area contributed by atoms with Crippen molar-refractivity contribution in [2.75, 3.05) is 22.1 Å². The van der Waals surface area contributed by atoms with E-state index in [0.29, 0.717) is 0 Å². The van der Waals surface area contributed by atoms with Gasteiger partial charge in [0.25, 0.3) is 0 Å². The smallest absolute Gasteiger partial charge is 0.232 e. The Labute approximate surface area is 128 Å². The maximum absolute atomic E-state index is 12.0. The van der Waals surface area contributed by atoms with Crippen LogP contribution in [0.15, 0.2) is 18.2 Å². The quantitative estimate of drug-likeness (QED) is 0.828. The second kappa shape index (κ2) is 5.36. The van der Waals surface area contributed by atoms with Gasteiger partial charge in [0.1, 0.15) is 0 Å². The first-order valence-corrected chi connectivity index (χ1v) is 10.2. The molecule has 0 aromatic heterocycles. The van der Waals surface area contributed by atoms with Gasteiger partial charge in [-0.2, -0.15) is 0 Å². The van der Waals surface area contributed by atoms with Crippen molar-refractivity contribution in [3.63, 3.8) is 0 Å². The summed E-state index contributed by atoms with van der Waals surface area (Å²) < 4.78 is 48.3. The van der Waals surface area contributed by atoms with Gasteiger partial charge in [0.05, 0.1) is 39.5 Å². The van der Waals surface area contributed by atoms with Crippen LogP contribution >= 0.6 is 23.2 Å². The molecule has 0 amide bonds. The Morgan fingerprint density at radius 3 is 2.45 bits per heavy atom. The zero-order valence-electron chi connectivity index (χ0n) is 10.6. The van der Waals surface area contributed by atoms with E-state index in [2.05, 4.69) is 0 Å². The van der Waals surface area contributed by atoms with Crippen LogP contribution < -0.4 is 4.31 Å². The van der Waals surface area contributed by atoms with Crippen molar-refractivity contribution in [1.82, 2.24) is 0 Å². The van der Waals surface area contributed by atoms with E-state index >= 15 is 0 Å². The SMILES string of the molecule is CS(=O)(=O)N(c1cccc(Cl)c1Cl)[C@@H]1CCS(=O)(=O)C1. The summed E-state index contributed by atoms with van der Waals surface area (Å²) in [6.45, 7) is 0. The summed E-state index contributed by atoms with van der Waals surface area (Å²) in [7, 11) is -6.88. The molecule has 0 spiro atoms. The van der Waals surface area contributed by atoms with E-state index in [9.17, 15) is 16.8 Å². The fourth-order valence-electron chi connectivity index (χ4n) is 2.27. The third-order valence-electron chi connectivity index (χ3n) is 3.07. The lowest BCUT2D eigenvalue weighted by Crippen LogP contribution is -2.40. The number of hydrogen-bond donors (Lipinski definition) is 0. The normalized spacial score (nSPS) is 21.9. The third kappa shape index (κ3) is 3.21. The number of benzene rings is 1. The molecule has 1 aromatic rings. The number of nitrogens with zero attached hydrogens (tertiary/aromatic N) is 1. The minimum absolute atomic E-state index is 0.0259. The van der Waals surface area contributed by atoms with E-state index in [1.165, 1.54) is 6.07 Å². The predicted molar refractivity (Wildman–Crippen MR) is 80.8 cm³/mol. The Kier molecular flexibility index (Phi) is 4.26. The van der Waals surface area contributed by atoms with Crippen molar-refractivity contribution in [3.8, 4) is 0 Å². The Balaban J connectivity index is 2.53. The minimum Gasteiger partial charge on any atom is -0.265 e. The molecule has 20 heavy (non-hydrogen) atoms. The van der Waals surface area contributed by atoms with Crippen molar-refractivity contribution >= 4 is 48.7 Å². The van der Waals surface area contributed by atoms with Gasteiger partial charge < -0.3 is 0 Å². The van der Waals surface area contributed by atoms with Gasteiger partial charge in [0.2, 0.25) is 10.0 Å². The lowest BCUT2D eigenvalue weighted by atomic mass is 10.2. The summed E-state index contributed by atoms with van der Waals surface area (Å²) >= 11 is 12.0. The van der Waals surface area contributed by atoms with E-state index < -0.39 is 25.9 Å². The molecule has 1 aromatic carbocycles. The fraction of sp³-hybridized carbons (Fsp3) is 0.455. The maximum atomic E-state index is 12.0. The van der Waals surface area contributed by atoms with Gasteiger partial charge in [-0.05, 0) is 18.6 Å². The van der Waals surface area contributed by atoms with Crippen LogP contribution in [0.2, 0.25) is 10.0 Å². The van der Waals surface area contributed by atoms with E-state index in [0.717, 1.165) is 10.6 Å². The minimum atomic E-state index is -3.67. The molecule has 2 rings (SSSR count). The molecule has 1 fully saturated rings. The largest absolute Gasteiger partial charge is 0.265 e. The molecule has 0 unspecified atom stereocenters. The monoisotopic (exact) mass is 357 g/mol. The van der Waals surface area contributed by atoms with Crippen molar-refractivity contribution in [2.24, 2.45) is 0 Å². The molecule has 0 N–H and O–H groups in total. The molecular formula is C11H13Cl2NO4S2. The standard InChI is InChI=1S/C11H13Cl2NO4S2/c1-19(15,16)14(8-5-6-20(17,18)7-8)10-4-2-3-9(12)11(10)13/h2-4,8H,5-7H2,1H3/t8-/m1/s1. The van der Waals surface area contributed by atoms with Gasteiger partial charge in [-0.3, -0.25) is 4.31 Å². The molecule has 0 radical (unpaired) electrons. The van der Waals surface area contributed by atoms with E-state index in [4.69, 9.17) is 23.2 Å². The molecule has 1 aliphatic rings. The Morgan fingerprint density at radius 2 is 1.95 bits per heavy atom.